The van der Waals surface area contributed by atoms with Gasteiger partial charge in [0.15, 0.2) is 12.1 Å². The average Bonchev–Trinajstić information content (AvgIpc) is 3.79. The minimum absolute atomic E-state index is 0.0292. The summed E-state index contributed by atoms with van der Waals surface area (Å²) in [5, 5.41) is 16.2. The molecule has 3 N–H and O–H groups in total. The van der Waals surface area contributed by atoms with Crippen LogP contribution in [0.15, 0.2) is 198 Å². The molecule has 1 saturated heterocycles. The minimum atomic E-state index is -0.666. The lowest BCUT2D eigenvalue weighted by molar-refractivity contribution is -0.268. The van der Waals surface area contributed by atoms with Crippen molar-refractivity contribution in [3.8, 4) is 45.2 Å². The molecule has 320 valence electrons. The summed E-state index contributed by atoms with van der Waals surface area (Å²) in [7, 11) is 0. The van der Waals surface area contributed by atoms with Gasteiger partial charge in [-0.15, -0.1) is 0 Å². The molecule has 4 atom stereocenters. The molecule has 64 heavy (non-hydrogen) atoms. The van der Waals surface area contributed by atoms with Crippen molar-refractivity contribution in [2.24, 2.45) is 5.92 Å². The van der Waals surface area contributed by atoms with Crippen LogP contribution in [0.1, 0.15) is 41.6 Å². The SMILES string of the molecule is CC1C(CSc2nc(-c3ccccc3)c(-c3ccccc3)o2)OC(c2cccc(-c3cccc(CNC(=O)Nc4ccc(Oc5ccccc5)cc4)c3)c2)OC1c1ccc(CO)cc1. The van der Waals surface area contributed by atoms with Gasteiger partial charge in [0.1, 0.15) is 17.2 Å². The van der Waals surface area contributed by atoms with Gasteiger partial charge in [0.25, 0.3) is 5.22 Å². The van der Waals surface area contributed by atoms with E-state index in [0.717, 1.165) is 61.7 Å². The summed E-state index contributed by atoms with van der Waals surface area (Å²) in [4.78, 5) is 17.9. The summed E-state index contributed by atoms with van der Waals surface area (Å²) >= 11 is 1.53. The highest BCUT2D eigenvalue weighted by Gasteiger charge is 2.39. The number of thioether (sulfide) groups is 1. The summed E-state index contributed by atoms with van der Waals surface area (Å²) in [6.07, 6.45) is -1.18. The zero-order valence-electron chi connectivity index (χ0n) is 35.2. The number of aromatic nitrogens is 1. The van der Waals surface area contributed by atoms with Crippen LogP contribution in [0.3, 0.4) is 0 Å². The van der Waals surface area contributed by atoms with Crippen LogP contribution in [0.5, 0.6) is 11.5 Å². The summed E-state index contributed by atoms with van der Waals surface area (Å²) in [5.41, 5.74) is 9.06. The van der Waals surface area contributed by atoms with Crippen LogP contribution in [0.4, 0.5) is 10.5 Å². The fourth-order valence-electron chi connectivity index (χ4n) is 7.72. The van der Waals surface area contributed by atoms with E-state index in [4.69, 9.17) is 23.6 Å². The van der Waals surface area contributed by atoms with E-state index in [9.17, 15) is 9.90 Å². The Balaban J connectivity index is 0.899. The molecule has 1 fully saturated rings. The Morgan fingerprint density at radius 1 is 0.656 bits per heavy atom. The van der Waals surface area contributed by atoms with Gasteiger partial charge in [-0.25, -0.2) is 9.78 Å². The number of carbonyl (C=O) groups excluding carboxylic acids is 1. The fraction of sp³-hybridized carbons (Fsp3) is 0.148. The summed E-state index contributed by atoms with van der Waals surface area (Å²) in [6.45, 7) is 2.46. The van der Waals surface area contributed by atoms with Crippen LogP contribution in [0.2, 0.25) is 0 Å². The van der Waals surface area contributed by atoms with Crippen LogP contribution >= 0.6 is 11.8 Å². The number of hydrogen-bond donors (Lipinski definition) is 3. The molecule has 10 heteroatoms. The molecule has 1 aromatic heterocycles. The lowest BCUT2D eigenvalue weighted by Gasteiger charge is -2.41. The number of para-hydroxylation sites is 1. The summed E-state index contributed by atoms with van der Waals surface area (Å²) in [5.74, 6) is 2.70. The van der Waals surface area contributed by atoms with E-state index in [1.807, 2.05) is 164 Å². The van der Waals surface area contributed by atoms with Crippen molar-refractivity contribution < 1.29 is 28.5 Å². The minimum Gasteiger partial charge on any atom is -0.457 e. The van der Waals surface area contributed by atoms with Gasteiger partial charge >= 0.3 is 6.03 Å². The van der Waals surface area contributed by atoms with Crippen LogP contribution in [-0.2, 0) is 22.6 Å². The van der Waals surface area contributed by atoms with Crippen LogP contribution in [0.25, 0.3) is 33.7 Å². The number of aliphatic hydroxyl groups excluding tert-OH is 1. The standard InChI is InChI=1S/C54H47N3O6S/c1-36-48(35-64-54-57-49(39-14-5-2-6-15-39)51(63-54)40-16-7-3-8-17-40)61-52(62-50(36)41-25-23-37(34-58)24-26-41)44-20-12-19-43(32-44)42-18-11-13-38(31-42)33-55-53(59)56-45-27-29-47(30-28-45)60-46-21-9-4-10-22-46/h2-32,36,48,50,52,58H,33-35H2,1H3,(H2,55,56,59). The molecule has 9 rings (SSSR count). The molecule has 0 spiro atoms. The number of benzene rings is 7. The van der Waals surface area contributed by atoms with E-state index >= 15 is 0 Å². The largest absolute Gasteiger partial charge is 0.457 e. The predicted molar refractivity (Wildman–Crippen MR) is 252 cm³/mol. The fourth-order valence-corrected chi connectivity index (χ4v) is 8.70. The van der Waals surface area contributed by atoms with Crippen molar-refractivity contribution in [1.82, 2.24) is 10.3 Å². The Morgan fingerprint density at radius 2 is 1.30 bits per heavy atom. The van der Waals surface area contributed by atoms with Gasteiger partial charge in [0.05, 0.1) is 18.8 Å². The second-order valence-corrected chi connectivity index (χ2v) is 16.6. The van der Waals surface area contributed by atoms with Gasteiger partial charge in [0, 0.05) is 40.6 Å². The van der Waals surface area contributed by atoms with Gasteiger partial charge in [-0.1, -0.05) is 158 Å². The van der Waals surface area contributed by atoms with Crippen LogP contribution < -0.4 is 15.4 Å². The zero-order valence-corrected chi connectivity index (χ0v) is 36.0. The summed E-state index contributed by atoms with van der Waals surface area (Å²) in [6, 6.07) is 60.9. The molecule has 0 bridgehead atoms. The van der Waals surface area contributed by atoms with E-state index in [-0.39, 0.29) is 30.8 Å². The number of carbonyl (C=O) groups is 1. The third kappa shape index (κ3) is 10.3. The van der Waals surface area contributed by atoms with E-state index in [1.54, 1.807) is 0 Å². The molecule has 1 aliphatic heterocycles. The van der Waals surface area contributed by atoms with Gasteiger partial charge in [0.2, 0.25) is 0 Å². The first-order valence-electron chi connectivity index (χ1n) is 21.3. The highest BCUT2D eigenvalue weighted by molar-refractivity contribution is 7.99. The normalized spacial score (nSPS) is 17.1. The molecule has 4 unspecified atom stereocenters. The number of amides is 2. The summed E-state index contributed by atoms with van der Waals surface area (Å²) < 4.78 is 26.1. The number of urea groups is 1. The predicted octanol–water partition coefficient (Wildman–Crippen LogP) is 12.9. The molecule has 9 nitrogen and oxygen atoms in total. The highest BCUT2D eigenvalue weighted by atomic mass is 32.2. The van der Waals surface area contributed by atoms with Crippen molar-refractivity contribution >= 4 is 23.5 Å². The molecule has 7 aromatic carbocycles. The molecule has 0 radical (unpaired) electrons. The zero-order chi connectivity index (χ0) is 43.7. The first-order chi connectivity index (χ1) is 31.5. The van der Waals surface area contributed by atoms with Gasteiger partial charge in [-0.3, -0.25) is 0 Å². The smallest absolute Gasteiger partial charge is 0.319 e. The molecular weight excluding hydrogens is 819 g/mol. The Labute approximate surface area is 377 Å². The second kappa shape index (κ2) is 20.0. The van der Waals surface area contributed by atoms with Gasteiger partial charge < -0.3 is 34.4 Å². The molecule has 1 aliphatic rings. The number of oxazole rings is 1. The van der Waals surface area contributed by atoms with E-state index in [1.165, 1.54) is 11.8 Å². The number of rotatable bonds is 14. The molecule has 8 aromatic rings. The van der Waals surface area contributed by atoms with Crippen molar-refractivity contribution in [2.75, 3.05) is 11.1 Å². The Morgan fingerprint density at radius 3 is 2.02 bits per heavy atom. The Bertz CT molecular complexity index is 2710. The highest BCUT2D eigenvalue weighted by Crippen LogP contribution is 2.44. The van der Waals surface area contributed by atoms with E-state index in [2.05, 4.69) is 41.8 Å². The molecule has 0 saturated carbocycles. The van der Waals surface area contributed by atoms with Crippen molar-refractivity contribution in [3.63, 3.8) is 0 Å². The van der Waals surface area contributed by atoms with Crippen molar-refractivity contribution in [1.29, 1.82) is 0 Å². The first kappa shape index (κ1) is 42.4. The molecular formula is C54H47N3O6S. The van der Waals surface area contributed by atoms with Crippen LogP contribution in [-0.4, -0.2) is 28.0 Å². The number of nitrogens with one attached hydrogen (secondary N) is 2. The Hall–Kier alpha value is -6.95. The third-order valence-corrected chi connectivity index (χ3v) is 12.1. The molecule has 2 amide bonds. The van der Waals surface area contributed by atoms with E-state index in [0.29, 0.717) is 29.0 Å². The quantitative estimate of drug-likeness (QED) is 0.0926. The third-order valence-electron chi connectivity index (χ3n) is 11.1. The molecule has 0 aliphatic carbocycles. The average molecular weight is 866 g/mol. The molecule has 2 heterocycles. The number of hydrogen-bond acceptors (Lipinski definition) is 8. The Kier molecular flexibility index (Phi) is 13.3. The maximum absolute atomic E-state index is 12.9. The number of nitrogens with zero attached hydrogens (tertiary/aromatic N) is 1. The van der Waals surface area contributed by atoms with Crippen molar-refractivity contribution in [3.05, 3.63) is 210 Å². The van der Waals surface area contributed by atoms with Gasteiger partial charge in [-0.2, -0.15) is 0 Å². The monoisotopic (exact) mass is 865 g/mol. The maximum atomic E-state index is 12.9. The maximum Gasteiger partial charge on any atom is 0.319 e. The van der Waals surface area contributed by atoms with Crippen molar-refractivity contribution in [2.45, 2.75) is 43.8 Å². The number of anilines is 1. The lowest BCUT2D eigenvalue weighted by Crippen LogP contribution is -2.38. The number of aliphatic hydroxyl groups is 1. The first-order valence-corrected chi connectivity index (χ1v) is 22.3. The second-order valence-electron chi connectivity index (χ2n) is 15.6. The number of ether oxygens (including phenoxy) is 3. The van der Waals surface area contributed by atoms with Gasteiger partial charge in [-0.05, 0) is 76.3 Å². The van der Waals surface area contributed by atoms with E-state index < -0.39 is 6.29 Å². The van der Waals surface area contributed by atoms with Crippen LogP contribution in [0, 0.1) is 5.92 Å². The lowest BCUT2D eigenvalue weighted by atomic mass is 9.91. The topological polar surface area (TPSA) is 115 Å².